The Labute approximate surface area is 199 Å². The average molecular weight is 454 g/mol. The van der Waals surface area contributed by atoms with Gasteiger partial charge in [0.15, 0.2) is 0 Å². The molecule has 0 unspecified atom stereocenters. The summed E-state index contributed by atoms with van der Waals surface area (Å²) in [6, 6.07) is 18.2. The van der Waals surface area contributed by atoms with Crippen molar-refractivity contribution in [3.63, 3.8) is 0 Å². The van der Waals surface area contributed by atoms with Gasteiger partial charge in [-0.2, -0.15) is 0 Å². The largest absolute Gasteiger partial charge is 0.322 e. The molecule has 0 radical (unpaired) electrons. The fourth-order valence-electron chi connectivity index (χ4n) is 4.74. The molecule has 3 aromatic carbocycles. The average Bonchev–Trinajstić information content (AvgIpc) is 3.34. The molecular formula is C29H28FN3O. The number of halogens is 1. The number of carbonyl (C=O) groups is 1. The number of aryl methyl sites for hydroxylation is 2. The van der Waals surface area contributed by atoms with Gasteiger partial charge in [0.2, 0.25) is 0 Å². The van der Waals surface area contributed by atoms with Crippen molar-refractivity contribution in [3.05, 3.63) is 94.9 Å². The number of fused-ring (bicyclic) bond motifs is 1. The van der Waals surface area contributed by atoms with Crippen LogP contribution in [-0.2, 0) is 6.54 Å². The summed E-state index contributed by atoms with van der Waals surface area (Å²) in [5, 5.41) is 4.15. The molecule has 1 aliphatic heterocycles. The highest BCUT2D eigenvalue weighted by atomic mass is 19.1. The van der Waals surface area contributed by atoms with E-state index in [1.54, 1.807) is 12.1 Å². The monoisotopic (exact) mass is 453 g/mol. The summed E-state index contributed by atoms with van der Waals surface area (Å²) in [7, 11) is 0. The Hall–Kier alpha value is -3.57. The van der Waals surface area contributed by atoms with Gasteiger partial charge in [-0.3, -0.25) is 14.7 Å². The maximum atomic E-state index is 13.2. The third kappa shape index (κ3) is 4.57. The van der Waals surface area contributed by atoms with Gasteiger partial charge in [0.05, 0.1) is 5.52 Å². The second-order valence-electron chi connectivity index (χ2n) is 9.13. The molecule has 0 aliphatic carbocycles. The summed E-state index contributed by atoms with van der Waals surface area (Å²) >= 11 is 0. The lowest BCUT2D eigenvalue weighted by molar-refractivity contribution is 0.102. The maximum Gasteiger partial charge on any atom is 0.255 e. The highest BCUT2D eigenvalue weighted by molar-refractivity contribution is 6.07. The normalized spacial score (nSPS) is 14.0. The minimum absolute atomic E-state index is 0.156. The molecule has 172 valence electrons. The van der Waals surface area contributed by atoms with Crippen LogP contribution in [0, 0.1) is 19.7 Å². The van der Waals surface area contributed by atoms with E-state index in [9.17, 15) is 9.18 Å². The van der Waals surface area contributed by atoms with Crippen LogP contribution in [0.3, 0.4) is 0 Å². The first-order chi connectivity index (χ1) is 16.5. The van der Waals surface area contributed by atoms with Gasteiger partial charge in [0, 0.05) is 29.4 Å². The van der Waals surface area contributed by atoms with Crippen LogP contribution in [-0.4, -0.2) is 28.9 Å². The number of nitrogens with one attached hydrogen (secondary N) is 1. The molecule has 1 aromatic heterocycles. The predicted octanol–water partition coefficient (Wildman–Crippen LogP) is 6.51. The van der Waals surface area contributed by atoms with Crippen LogP contribution in [0.4, 0.5) is 10.1 Å². The molecule has 4 nitrogen and oxygen atoms in total. The smallest absolute Gasteiger partial charge is 0.255 e. The second-order valence-corrected chi connectivity index (χ2v) is 9.13. The number of carbonyl (C=O) groups excluding carboxylic acids is 1. The lowest BCUT2D eigenvalue weighted by Gasteiger charge is -2.16. The van der Waals surface area contributed by atoms with Crippen molar-refractivity contribution in [1.29, 1.82) is 0 Å². The molecule has 5 heteroatoms. The van der Waals surface area contributed by atoms with Gasteiger partial charge in [-0.25, -0.2) is 4.39 Å². The van der Waals surface area contributed by atoms with E-state index in [1.807, 2.05) is 50.4 Å². The van der Waals surface area contributed by atoms with Crippen molar-refractivity contribution in [3.8, 4) is 11.1 Å². The van der Waals surface area contributed by atoms with Crippen molar-refractivity contribution < 1.29 is 9.18 Å². The number of nitrogens with zero attached hydrogens (tertiary/aromatic N) is 2. The Kier molecular flexibility index (Phi) is 6.12. The third-order valence-corrected chi connectivity index (χ3v) is 6.66. The number of pyridine rings is 1. The van der Waals surface area contributed by atoms with Crippen LogP contribution in [0.1, 0.15) is 39.9 Å². The van der Waals surface area contributed by atoms with Gasteiger partial charge in [0.25, 0.3) is 5.91 Å². The number of hydrogen-bond donors (Lipinski definition) is 1. The molecule has 0 atom stereocenters. The third-order valence-electron chi connectivity index (χ3n) is 6.66. The summed E-state index contributed by atoms with van der Waals surface area (Å²) in [6.07, 6.45) is 4.51. The molecule has 1 fully saturated rings. The minimum Gasteiger partial charge on any atom is -0.322 e. The molecule has 2 heterocycles. The summed E-state index contributed by atoms with van der Waals surface area (Å²) in [4.78, 5) is 20.3. The van der Waals surface area contributed by atoms with Gasteiger partial charge in [-0.1, -0.05) is 30.3 Å². The number of benzene rings is 3. The van der Waals surface area contributed by atoms with E-state index in [2.05, 4.69) is 16.3 Å². The lowest BCUT2D eigenvalue weighted by Crippen LogP contribution is -2.18. The Morgan fingerprint density at radius 3 is 2.44 bits per heavy atom. The topological polar surface area (TPSA) is 45.2 Å². The predicted molar refractivity (Wildman–Crippen MR) is 136 cm³/mol. The Morgan fingerprint density at radius 1 is 0.971 bits per heavy atom. The van der Waals surface area contributed by atoms with E-state index in [-0.39, 0.29) is 11.7 Å². The maximum absolute atomic E-state index is 13.2. The summed E-state index contributed by atoms with van der Waals surface area (Å²) in [5.41, 5.74) is 7.19. The molecule has 0 spiro atoms. The summed E-state index contributed by atoms with van der Waals surface area (Å²) in [6.45, 7) is 7.17. The number of rotatable bonds is 5. The zero-order valence-corrected chi connectivity index (χ0v) is 19.6. The van der Waals surface area contributed by atoms with Crippen LogP contribution < -0.4 is 5.32 Å². The Bertz CT molecular complexity index is 1360. The van der Waals surface area contributed by atoms with Crippen LogP contribution >= 0.6 is 0 Å². The number of aromatic nitrogens is 1. The van der Waals surface area contributed by atoms with E-state index >= 15 is 0 Å². The zero-order chi connectivity index (χ0) is 23.7. The zero-order valence-electron chi connectivity index (χ0n) is 19.6. The van der Waals surface area contributed by atoms with E-state index in [4.69, 9.17) is 4.98 Å². The first kappa shape index (κ1) is 22.2. The molecule has 34 heavy (non-hydrogen) atoms. The van der Waals surface area contributed by atoms with Crippen molar-refractivity contribution in [2.45, 2.75) is 33.2 Å². The standard InChI is InChI=1S/C29H28FN3O/c1-19-15-23(22-5-9-25(30)10-6-22)7-11-26(19)29(34)32-27-12-8-24-16-21(17-31-28(24)20(27)2)18-33-13-3-4-14-33/h5-12,15-17H,3-4,13-14,18H2,1-2H3,(H,32,34). The summed E-state index contributed by atoms with van der Waals surface area (Å²) < 4.78 is 13.2. The van der Waals surface area contributed by atoms with E-state index in [1.165, 1.54) is 30.5 Å². The van der Waals surface area contributed by atoms with Gasteiger partial charge < -0.3 is 5.32 Å². The fraction of sp³-hybridized carbons (Fsp3) is 0.241. The molecule has 1 saturated heterocycles. The SMILES string of the molecule is Cc1cc(-c2ccc(F)cc2)ccc1C(=O)Nc1ccc2cc(CN3CCCC3)cnc2c1C. The molecule has 1 N–H and O–H groups in total. The number of likely N-dealkylation sites (tertiary alicyclic amines) is 1. The van der Waals surface area contributed by atoms with E-state index in [0.717, 1.165) is 58.5 Å². The number of hydrogen-bond acceptors (Lipinski definition) is 3. The van der Waals surface area contributed by atoms with Gasteiger partial charge in [-0.05, 0) is 97.9 Å². The van der Waals surface area contributed by atoms with Gasteiger partial charge in [-0.15, -0.1) is 0 Å². The van der Waals surface area contributed by atoms with Crippen molar-refractivity contribution >= 4 is 22.5 Å². The molecule has 4 aromatic rings. The van der Waals surface area contributed by atoms with Crippen molar-refractivity contribution in [2.75, 3.05) is 18.4 Å². The van der Waals surface area contributed by atoms with Crippen molar-refractivity contribution in [2.24, 2.45) is 0 Å². The van der Waals surface area contributed by atoms with Crippen LogP contribution in [0.5, 0.6) is 0 Å². The molecule has 0 bridgehead atoms. The van der Waals surface area contributed by atoms with Gasteiger partial charge >= 0.3 is 0 Å². The van der Waals surface area contributed by atoms with E-state index in [0.29, 0.717) is 5.56 Å². The Morgan fingerprint density at radius 2 is 1.71 bits per heavy atom. The number of amides is 1. The fourth-order valence-corrected chi connectivity index (χ4v) is 4.74. The van der Waals surface area contributed by atoms with Crippen LogP contribution in [0.15, 0.2) is 66.9 Å². The number of anilines is 1. The lowest BCUT2D eigenvalue weighted by atomic mass is 9.99. The molecule has 1 aliphatic rings. The van der Waals surface area contributed by atoms with Crippen molar-refractivity contribution in [1.82, 2.24) is 9.88 Å². The van der Waals surface area contributed by atoms with Gasteiger partial charge in [0.1, 0.15) is 5.82 Å². The summed E-state index contributed by atoms with van der Waals surface area (Å²) in [5.74, 6) is -0.421. The second kappa shape index (κ2) is 9.35. The highest BCUT2D eigenvalue weighted by Gasteiger charge is 2.15. The van der Waals surface area contributed by atoms with Crippen LogP contribution in [0.25, 0.3) is 22.0 Å². The van der Waals surface area contributed by atoms with E-state index < -0.39 is 0 Å². The Balaban J connectivity index is 1.35. The first-order valence-corrected chi connectivity index (χ1v) is 11.8. The molecule has 1 amide bonds. The molecular weight excluding hydrogens is 425 g/mol. The highest BCUT2D eigenvalue weighted by Crippen LogP contribution is 2.27. The quantitative estimate of drug-likeness (QED) is 0.375. The first-order valence-electron chi connectivity index (χ1n) is 11.8. The molecule has 0 saturated carbocycles. The van der Waals surface area contributed by atoms with Crippen LogP contribution in [0.2, 0.25) is 0 Å². The molecule has 5 rings (SSSR count). The minimum atomic E-state index is -0.264.